The number of nitrogens with one attached hydrogen (secondary N) is 2. The van der Waals surface area contributed by atoms with Crippen molar-refractivity contribution >= 4 is 22.8 Å². The third-order valence-corrected chi connectivity index (χ3v) is 5.50. The molecule has 0 aliphatic carbocycles. The van der Waals surface area contributed by atoms with E-state index in [1.54, 1.807) is 34.6 Å². The maximum Gasteiger partial charge on any atom is 0.417 e. The van der Waals surface area contributed by atoms with Gasteiger partial charge in [0, 0.05) is 18.6 Å². The van der Waals surface area contributed by atoms with E-state index in [4.69, 9.17) is 0 Å². The van der Waals surface area contributed by atoms with E-state index in [0.717, 1.165) is 4.57 Å². The number of rotatable bonds is 4. The standard InChI is InChI=1S/C22H27F6N5O2/c1-19(2,3)31-17(34)11-33-15-9-13(22(26,27)28)12(21(23,24)25)8-14(15)30-16(33)10-32-7-6-29-20(4,5)18(32)35/h8-9,29H,6-7,10-11H2,1-5H3,(H,31,34). The molecule has 0 saturated carbocycles. The number of amides is 2. The molecular formula is C22H27F6N5O2. The average Bonchev–Trinajstić information content (AvgIpc) is 2.98. The zero-order valence-electron chi connectivity index (χ0n) is 19.9. The summed E-state index contributed by atoms with van der Waals surface area (Å²) < 4.78 is 82.2. The van der Waals surface area contributed by atoms with Crippen LogP contribution in [0.1, 0.15) is 51.6 Å². The molecule has 0 spiro atoms. The first-order valence-corrected chi connectivity index (χ1v) is 10.8. The summed E-state index contributed by atoms with van der Waals surface area (Å²) in [6.07, 6.45) is -10.6. The molecule has 194 valence electrons. The lowest BCUT2D eigenvalue weighted by Crippen LogP contribution is -2.60. The Hall–Kier alpha value is -2.83. The molecule has 1 fully saturated rings. The van der Waals surface area contributed by atoms with Crippen LogP contribution in [0, 0.1) is 0 Å². The number of benzene rings is 1. The SMILES string of the molecule is CC(C)(C)NC(=O)Cn1c(CN2CCNC(C)(C)C2=O)nc2cc(C(F)(F)F)c(C(F)(F)F)cc21. The minimum absolute atomic E-state index is 0.00237. The number of imidazole rings is 1. The molecule has 13 heteroatoms. The van der Waals surface area contributed by atoms with E-state index in [-0.39, 0.29) is 35.9 Å². The van der Waals surface area contributed by atoms with Crippen LogP contribution in [-0.2, 0) is 35.0 Å². The van der Waals surface area contributed by atoms with E-state index >= 15 is 0 Å². The van der Waals surface area contributed by atoms with Gasteiger partial charge in [0.05, 0.1) is 34.2 Å². The van der Waals surface area contributed by atoms with Gasteiger partial charge in [-0.1, -0.05) is 0 Å². The molecular weight excluding hydrogens is 480 g/mol. The van der Waals surface area contributed by atoms with Gasteiger partial charge in [-0.15, -0.1) is 0 Å². The first kappa shape index (κ1) is 26.8. The second kappa shape index (κ2) is 8.68. The van der Waals surface area contributed by atoms with Crippen LogP contribution < -0.4 is 10.6 Å². The molecule has 7 nitrogen and oxygen atoms in total. The van der Waals surface area contributed by atoms with Crippen LogP contribution in [0.4, 0.5) is 26.3 Å². The van der Waals surface area contributed by atoms with Crippen molar-refractivity contribution in [2.45, 2.75) is 71.1 Å². The van der Waals surface area contributed by atoms with Gasteiger partial charge in [0.2, 0.25) is 11.8 Å². The van der Waals surface area contributed by atoms with Crippen LogP contribution in [0.5, 0.6) is 0 Å². The first-order chi connectivity index (χ1) is 15.8. The maximum absolute atomic E-state index is 13.6. The Morgan fingerprint density at radius 1 is 1.09 bits per heavy atom. The van der Waals surface area contributed by atoms with Crippen LogP contribution in [0.15, 0.2) is 12.1 Å². The van der Waals surface area contributed by atoms with Gasteiger partial charge >= 0.3 is 12.4 Å². The highest BCUT2D eigenvalue weighted by Gasteiger charge is 2.44. The van der Waals surface area contributed by atoms with E-state index < -0.39 is 47.0 Å². The molecule has 0 radical (unpaired) electrons. The van der Waals surface area contributed by atoms with E-state index in [1.165, 1.54) is 4.90 Å². The number of nitrogens with zero attached hydrogens (tertiary/aromatic N) is 3. The van der Waals surface area contributed by atoms with Crippen molar-refractivity contribution in [2.75, 3.05) is 13.1 Å². The number of piperazine rings is 1. The molecule has 0 atom stereocenters. The molecule has 1 aliphatic heterocycles. The highest BCUT2D eigenvalue weighted by Crippen LogP contribution is 2.42. The van der Waals surface area contributed by atoms with E-state index in [0.29, 0.717) is 18.7 Å². The van der Waals surface area contributed by atoms with Crippen molar-refractivity contribution in [2.24, 2.45) is 0 Å². The normalized spacial score (nSPS) is 17.2. The summed E-state index contributed by atoms with van der Waals surface area (Å²) in [5, 5.41) is 5.71. The Morgan fingerprint density at radius 3 is 2.20 bits per heavy atom. The van der Waals surface area contributed by atoms with Gasteiger partial charge in [0.25, 0.3) is 0 Å². The lowest BCUT2D eigenvalue weighted by atomic mass is 10.0. The lowest BCUT2D eigenvalue weighted by molar-refractivity contribution is -0.161. The number of hydrogen-bond donors (Lipinski definition) is 2. The first-order valence-electron chi connectivity index (χ1n) is 10.8. The van der Waals surface area contributed by atoms with Crippen molar-refractivity contribution in [3.8, 4) is 0 Å². The Balaban J connectivity index is 2.17. The predicted molar refractivity (Wildman–Crippen MR) is 115 cm³/mol. The summed E-state index contributed by atoms with van der Waals surface area (Å²) in [6, 6.07) is 0.700. The fraction of sp³-hybridized carbons (Fsp3) is 0.591. The average molecular weight is 507 g/mol. The Labute approximate surface area is 197 Å². The summed E-state index contributed by atoms with van der Waals surface area (Å²) in [5.74, 6) is -0.880. The zero-order valence-corrected chi connectivity index (χ0v) is 19.9. The lowest BCUT2D eigenvalue weighted by Gasteiger charge is -2.38. The van der Waals surface area contributed by atoms with Gasteiger partial charge in [0.15, 0.2) is 0 Å². The molecule has 2 aromatic rings. The smallest absolute Gasteiger partial charge is 0.350 e. The summed E-state index contributed by atoms with van der Waals surface area (Å²) in [6.45, 7) is 8.43. The quantitative estimate of drug-likeness (QED) is 0.619. The van der Waals surface area contributed by atoms with Gasteiger partial charge in [0.1, 0.15) is 12.4 Å². The second-order valence-electron chi connectivity index (χ2n) is 10.1. The van der Waals surface area contributed by atoms with Gasteiger partial charge in [-0.3, -0.25) is 9.59 Å². The summed E-state index contributed by atoms with van der Waals surface area (Å²) in [5.41, 5.74) is -5.96. The van der Waals surface area contributed by atoms with Gasteiger partial charge < -0.3 is 20.1 Å². The molecule has 1 aliphatic rings. The van der Waals surface area contributed by atoms with E-state index in [1.807, 2.05) is 0 Å². The van der Waals surface area contributed by atoms with Crippen molar-refractivity contribution in [3.05, 3.63) is 29.1 Å². The number of aromatic nitrogens is 2. The Bertz CT molecular complexity index is 1140. The molecule has 2 heterocycles. The van der Waals surface area contributed by atoms with Crippen molar-refractivity contribution in [1.82, 2.24) is 25.1 Å². The third-order valence-electron chi connectivity index (χ3n) is 5.50. The molecule has 1 saturated heterocycles. The molecule has 35 heavy (non-hydrogen) atoms. The number of carbonyl (C=O) groups excluding carboxylic acids is 2. The monoisotopic (exact) mass is 507 g/mol. The van der Waals surface area contributed by atoms with Gasteiger partial charge in [-0.2, -0.15) is 26.3 Å². The van der Waals surface area contributed by atoms with Crippen LogP contribution in [-0.4, -0.2) is 50.4 Å². The van der Waals surface area contributed by atoms with Gasteiger partial charge in [-0.25, -0.2) is 4.98 Å². The highest BCUT2D eigenvalue weighted by molar-refractivity contribution is 5.86. The van der Waals surface area contributed by atoms with Crippen molar-refractivity contribution in [3.63, 3.8) is 0 Å². The maximum atomic E-state index is 13.6. The number of carbonyl (C=O) groups is 2. The second-order valence-corrected chi connectivity index (χ2v) is 10.1. The molecule has 3 rings (SSSR count). The van der Waals surface area contributed by atoms with Crippen molar-refractivity contribution < 1.29 is 35.9 Å². The molecule has 0 unspecified atom stereocenters. The topological polar surface area (TPSA) is 79.3 Å². The fourth-order valence-electron chi connectivity index (χ4n) is 3.99. The summed E-state index contributed by atoms with van der Waals surface area (Å²) in [4.78, 5) is 31.0. The number of fused-ring (bicyclic) bond motifs is 1. The molecule has 2 amide bonds. The third kappa shape index (κ3) is 5.88. The fourth-order valence-corrected chi connectivity index (χ4v) is 3.99. The van der Waals surface area contributed by atoms with Crippen molar-refractivity contribution in [1.29, 1.82) is 0 Å². The summed E-state index contributed by atoms with van der Waals surface area (Å²) >= 11 is 0. The molecule has 0 bridgehead atoms. The number of hydrogen-bond acceptors (Lipinski definition) is 4. The Morgan fingerprint density at radius 2 is 1.66 bits per heavy atom. The van der Waals surface area contributed by atoms with E-state index in [2.05, 4.69) is 15.6 Å². The van der Waals surface area contributed by atoms with Crippen LogP contribution in [0.25, 0.3) is 11.0 Å². The minimum atomic E-state index is -5.29. The van der Waals surface area contributed by atoms with Crippen LogP contribution in [0.3, 0.4) is 0 Å². The predicted octanol–water partition coefficient (Wildman–Crippen LogP) is 3.70. The van der Waals surface area contributed by atoms with E-state index in [9.17, 15) is 35.9 Å². The van der Waals surface area contributed by atoms with Crippen LogP contribution in [0.2, 0.25) is 0 Å². The minimum Gasteiger partial charge on any atom is -0.350 e. The number of halogens is 6. The highest BCUT2D eigenvalue weighted by atomic mass is 19.4. The van der Waals surface area contributed by atoms with Gasteiger partial charge in [-0.05, 0) is 46.8 Å². The number of alkyl halides is 6. The van der Waals surface area contributed by atoms with Crippen LogP contribution >= 0.6 is 0 Å². The summed E-state index contributed by atoms with van der Waals surface area (Å²) in [7, 11) is 0. The molecule has 1 aromatic heterocycles. The largest absolute Gasteiger partial charge is 0.417 e. The zero-order chi connectivity index (χ0) is 26.6. The molecule has 1 aromatic carbocycles. The molecule has 2 N–H and O–H groups in total. The Kier molecular flexibility index (Phi) is 6.64.